The van der Waals surface area contributed by atoms with Gasteiger partial charge in [0.2, 0.25) is 11.7 Å². The quantitative estimate of drug-likeness (QED) is 0.571. The number of hydrogen-bond donors (Lipinski definition) is 1. The van der Waals surface area contributed by atoms with Gasteiger partial charge < -0.3 is 23.5 Å². The second-order valence-corrected chi connectivity index (χ2v) is 6.78. The summed E-state index contributed by atoms with van der Waals surface area (Å²) in [4.78, 5) is 17.6. The first-order chi connectivity index (χ1) is 14.7. The third-order valence-corrected chi connectivity index (χ3v) is 4.84. The summed E-state index contributed by atoms with van der Waals surface area (Å²) in [6.45, 7) is 4.86. The zero-order valence-corrected chi connectivity index (χ0v) is 17.1. The predicted molar refractivity (Wildman–Crippen MR) is 113 cm³/mol. The molecule has 3 aromatic rings. The van der Waals surface area contributed by atoms with E-state index in [9.17, 15) is 4.79 Å². The van der Waals surface area contributed by atoms with E-state index < -0.39 is 0 Å². The number of rotatable bonds is 8. The largest absolute Gasteiger partial charge is 0.493 e. The van der Waals surface area contributed by atoms with Crippen LogP contribution in [0.1, 0.15) is 23.7 Å². The molecular weight excluding hydrogens is 386 g/mol. The molecule has 0 radical (unpaired) electrons. The van der Waals surface area contributed by atoms with E-state index in [1.54, 1.807) is 12.1 Å². The van der Waals surface area contributed by atoms with Gasteiger partial charge in [0, 0.05) is 25.3 Å². The maximum atomic E-state index is 13.0. The van der Waals surface area contributed by atoms with Crippen LogP contribution in [0.25, 0.3) is 11.0 Å². The molecule has 0 unspecified atom stereocenters. The first-order valence-electron chi connectivity index (χ1n) is 10.0. The maximum Gasteiger partial charge on any atom is 0.258 e. The number of ether oxygens (including phenoxy) is 4. The van der Waals surface area contributed by atoms with Crippen molar-refractivity contribution >= 4 is 22.9 Å². The van der Waals surface area contributed by atoms with Gasteiger partial charge >= 0.3 is 0 Å². The van der Waals surface area contributed by atoms with Crippen molar-refractivity contribution in [2.45, 2.75) is 19.9 Å². The van der Waals surface area contributed by atoms with Crippen LogP contribution < -0.4 is 19.5 Å². The van der Waals surface area contributed by atoms with Crippen molar-refractivity contribution in [2.24, 2.45) is 0 Å². The first kappa shape index (κ1) is 20.0. The highest BCUT2D eigenvalue weighted by molar-refractivity contribution is 6.05. The molecule has 0 bridgehead atoms. The van der Waals surface area contributed by atoms with Gasteiger partial charge in [0.25, 0.3) is 5.91 Å². The molecule has 1 N–H and O–H groups in total. The summed E-state index contributed by atoms with van der Waals surface area (Å²) in [7, 11) is 1.53. The number of amides is 1. The fourth-order valence-corrected chi connectivity index (χ4v) is 3.44. The Hall–Kier alpha value is -3.26. The molecule has 158 valence electrons. The number of imidazole rings is 1. The monoisotopic (exact) mass is 411 g/mol. The Labute approximate surface area is 174 Å². The molecule has 0 aliphatic carbocycles. The topological polar surface area (TPSA) is 83.8 Å². The Morgan fingerprint density at radius 1 is 1.23 bits per heavy atom. The fraction of sp³-hybridized carbons (Fsp3) is 0.364. The van der Waals surface area contributed by atoms with Gasteiger partial charge in [0.1, 0.15) is 13.2 Å². The third-order valence-electron chi connectivity index (χ3n) is 4.84. The first-order valence-corrected chi connectivity index (χ1v) is 10.0. The number of benzene rings is 2. The highest BCUT2D eigenvalue weighted by Gasteiger charge is 2.22. The van der Waals surface area contributed by atoms with Gasteiger partial charge in [-0.25, -0.2) is 4.98 Å². The second kappa shape index (κ2) is 9.04. The average molecular weight is 411 g/mol. The molecule has 0 atom stereocenters. The normalized spacial score (nSPS) is 12.7. The Morgan fingerprint density at radius 3 is 2.90 bits per heavy atom. The molecule has 0 fully saturated rings. The van der Waals surface area contributed by atoms with E-state index in [1.807, 2.05) is 35.8 Å². The average Bonchev–Trinajstić information content (AvgIpc) is 3.12. The van der Waals surface area contributed by atoms with Crippen LogP contribution in [0, 0.1) is 0 Å². The van der Waals surface area contributed by atoms with E-state index in [0.29, 0.717) is 61.7 Å². The summed E-state index contributed by atoms with van der Waals surface area (Å²) in [6.07, 6.45) is 0.814. The van der Waals surface area contributed by atoms with Crippen LogP contribution in [0.3, 0.4) is 0 Å². The molecule has 8 nitrogen and oxygen atoms in total. The predicted octanol–water partition coefficient (Wildman–Crippen LogP) is 3.50. The smallest absolute Gasteiger partial charge is 0.258 e. The molecule has 0 spiro atoms. The SMILES string of the molecule is CCOCCCn1c(NC(=O)c2cc(OC)c3c(c2)OCCO3)nc2ccccc21. The lowest BCUT2D eigenvalue weighted by atomic mass is 10.1. The number of aryl methyl sites for hydroxylation is 1. The van der Waals surface area contributed by atoms with E-state index in [2.05, 4.69) is 10.3 Å². The minimum Gasteiger partial charge on any atom is -0.493 e. The lowest BCUT2D eigenvalue weighted by Crippen LogP contribution is -2.19. The molecule has 1 aromatic heterocycles. The summed E-state index contributed by atoms with van der Waals surface area (Å²) >= 11 is 0. The van der Waals surface area contributed by atoms with Crippen LogP contribution in [0.15, 0.2) is 36.4 Å². The van der Waals surface area contributed by atoms with Crippen LogP contribution in [-0.4, -0.2) is 49.0 Å². The van der Waals surface area contributed by atoms with Crippen LogP contribution in [0.4, 0.5) is 5.95 Å². The van der Waals surface area contributed by atoms with Gasteiger partial charge in [-0.05, 0) is 37.6 Å². The highest BCUT2D eigenvalue weighted by atomic mass is 16.6. The zero-order valence-electron chi connectivity index (χ0n) is 17.1. The fourth-order valence-electron chi connectivity index (χ4n) is 3.44. The summed E-state index contributed by atoms with van der Waals surface area (Å²) in [5.41, 5.74) is 2.19. The van der Waals surface area contributed by atoms with Crippen molar-refractivity contribution in [3.63, 3.8) is 0 Å². The standard InChI is InChI=1S/C22H25N3O5/c1-3-28-10-6-9-25-17-8-5-4-7-16(17)23-22(25)24-21(26)15-13-18(27-2)20-19(14-15)29-11-12-30-20/h4-5,7-8,13-14H,3,6,9-12H2,1-2H3,(H,23,24,26). The summed E-state index contributed by atoms with van der Waals surface area (Å²) in [5.74, 6) is 1.67. The minimum absolute atomic E-state index is 0.299. The molecule has 1 aliphatic rings. The maximum absolute atomic E-state index is 13.0. The zero-order chi connectivity index (χ0) is 20.9. The van der Waals surface area contributed by atoms with Crippen molar-refractivity contribution < 1.29 is 23.7 Å². The molecule has 0 saturated heterocycles. The summed E-state index contributed by atoms with van der Waals surface area (Å²) < 4.78 is 24.1. The number of fused-ring (bicyclic) bond motifs is 2. The van der Waals surface area contributed by atoms with E-state index in [4.69, 9.17) is 18.9 Å². The lowest BCUT2D eigenvalue weighted by Gasteiger charge is -2.21. The molecule has 1 amide bonds. The highest BCUT2D eigenvalue weighted by Crippen LogP contribution is 2.40. The van der Waals surface area contributed by atoms with Gasteiger partial charge in [-0.15, -0.1) is 0 Å². The number of nitrogens with one attached hydrogen (secondary N) is 1. The Bertz CT molecular complexity index is 1030. The van der Waals surface area contributed by atoms with Crippen LogP contribution in [0.2, 0.25) is 0 Å². The van der Waals surface area contributed by atoms with Crippen molar-refractivity contribution in [1.29, 1.82) is 0 Å². The molecule has 30 heavy (non-hydrogen) atoms. The number of anilines is 1. The molecule has 2 aromatic carbocycles. The summed E-state index contributed by atoms with van der Waals surface area (Å²) in [5, 5.41) is 2.94. The number of para-hydroxylation sites is 2. The number of carbonyl (C=O) groups is 1. The van der Waals surface area contributed by atoms with Crippen LogP contribution in [0.5, 0.6) is 17.2 Å². The number of carbonyl (C=O) groups excluding carboxylic acids is 1. The number of methoxy groups -OCH3 is 1. The van der Waals surface area contributed by atoms with Gasteiger partial charge in [0.15, 0.2) is 11.5 Å². The van der Waals surface area contributed by atoms with E-state index >= 15 is 0 Å². The van der Waals surface area contributed by atoms with E-state index in [0.717, 1.165) is 17.5 Å². The number of hydrogen-bond acceptors (Lipinski definition) is 6. The van der Waals surface area contributed by atoms with Crippen LogP contribution >= 0.6 is 0 Å². The lowest BCUT2D eigenvalue weighted by molar-refractivity contribution is 0.102. The second-order valence-electron chi connectivity index (χ2n) is 6.78. The van der Waals surface area contributed by atoms with E-state index in [-0.39, 0.29) is 5.91 Å². The van der Waals surface area contributed by atoms with Gasteiger partial charge in [0.05, 0.1) is 18.1 Å². The van der Waals surface area contributed by atoms with Crippen molar-refractivity contribution in [3.8, 4) is 17.2 Å². The Morgan fingerprint density at radius 2 is 2.07 bits per heavy atom. The number of aromatic nitrogens is 2. The third kappa shape index (κ3) is 4.04. The van der Waals surface area contributed by atoms with E-state index in [1.165, 1.54) is 7.11 Å². The molecular formula is C22H25N3O5. The van der Waals surface area contributed by atoms with Crippen molar-refractivity contribution in [2.75, 3.05) is 38.9 Å². The molecule has 2 heterocycles. The Balaban J connectivity index is 1.61. The van der Waals surface area contributed by atoms with Crippen molar-refractivity contribution in [3.05, 3.63) is 42.0 Å². The van der Waals surface area contributed by atoms with Gasteiger partial charge in [-0.2, -0.15) is 0 Å². The molecule has 4 rings (SSSR count). The van der Waals surface area contributed by atoms with Crippen LogP contribution in [-0.2, 0) is 11.3 Å². The minimum atomic E-state index is -0.299. The van der Waals surface area contributed by atoms with Gasteiger partial charge in [-0.1, -0.05) is 12.1 Å². The Kier molecular flexibility index (Phi) is 6.04. The van der Waals surface area contributed by atoms with Gasteiger partial charge in [-0.3, -0.25) is 10.1 Å². The number of nitrogens with zero attached hydrogens (tertiary/aromatic N) is 2. The molecule has 8 heteroatoms. The van der Waals surface area contributed by atoms with Crippen molar-refractivity contribution in [1.82, 2.24) is 9.55 Å². The molecule has 1 aliphatic heterocycles. The summed E-state index contributed by atoms with van der Waals surface area (Å²) in [6, 6.07) is 11.1. The molecule has 0 saturated carbocycles.